The van der Waals surface area contributed by atoms with E-state index in [4.69, 9.17) is 5.73 Å². The number of phenolic OH excluding ortho intramolecular Hbond substituents is 1. The summed E-state index contributed by atoms with van der Waals surface area (Å²) in [6.07, 6.45) is 15.9. The van der Waals surface area contributed by atoms with E-state index in [1.54, 1.807) is 6.07 Å². The van der Waals surface area contributed by atoms with Crippen LogP contribution in [0.15, 0.2) is 24.3 Å². The SMILES string of the molecule is CC(N)CNCc1ccccc1O.CCCCCCCCCCCCC. The van der Waals surface area contributed by atoms with Crippen molar-refractivity contribution in [3.8, 4) is 5.75 Å². The molecule has 0 aliphatic rings. The summed E-state index contributed by atoms with van der Waals surface area (Å²) in [5.74, 6) is 0.333. The van der Waals surface area contributed by atoms with Gasteiger partial charge in [-0.1, -0.05) is 103 Å². The molecular formula is C23H44N2O. The monoisotopic (exact) mass is 364 g/mol. The second-order valence-electron chi connectivity index (χ2n) is 7.42. The molecule has 0 spiro atoms. The molecule has 1 unspecified atom stereocenters. The van der Waals surface area contributed by atoms with Gasteiger partial charge in [-0.25, -0.2) is 0 Å². The lowest BCUT2D eigenvalue weighted by atomic mass is 10.1. The Hall–Kier alpha value is -1.06. The van der Waals surface area contributed by atoms with Crippen molar-refractivity contribution in [2.45, 2.75) is 104 Å². The lowest BCUT2D eigenvalue weighted by Crippen LogP contribution is -2.30. The summed E-state index contributed by atoms with van der Waals surface area (Å²) in [6, 6.07) is 7.44. The molecule has 0 saturated heterocycles. The van der Waals surface area contributed by atoms with Gasteiger partial charge in [-0.3, -0.25) is 0 Å². The molecule has 1 aromatic carbocycles. The fourth-order valence-electron chi connectivity index (χ4n) is 2.83. The molecule has 3 nitrogen and oxygen atoms in total. The van der Waals surface area contributed by atoms with Crippen LogP contribution in [0, 0.1) is 0 Å². The van der Waals surface area contributed by atoms with Crippen LogP contribution in [-0.4, -0.2) is 17.7 Å². The predicted molar refractivity (Wildman–Crippen MR) is 116 cm³/mol. The van der Waals surface area contributed by atoms with Crippen molar-refractivity contribution in [1.82, 2.24) is 5.32 Å². The number of hydrogen-bond donors (Lipinski definition) is 3. The van der Waals surface area contributed by atoms with Gasteiger partial charge < -0.3 is 16.2 Å². The van der Waals surface area contributed by atoms with Gasteiger partial charge in [0.1, 0.15) is 5.75 Å². The molecular weight excluding hydrogens is 320 g/mol. The van der Waals surface area contributed by atoms with Crippen molar-refractivity contribution in [1.29, 1.82) is 0 Å². The van der Waals surface area contributed by atoms with Gasteiger partial charge in [0.2, 0.25) is 0 Å². The molecule has 26 heavy (non-hydrogen) atoms. The molecule has 4 N–H and O–H groups in total. The molecule has 0 heterocycles. The van der Waals surface area contributed by atoms with Gasteiger partial charge in [0.25, 0.3) is 0 Å². The largest absolute Gasteiger partial charge is 0.508 e. The van der Waals surface area contributed by atoms with E-state index in [-0.39, 0.29) is 6.04 Å². The van der Waals surface area contributed by atoms with Crippen LogP contribution >= 0.6 is 0 Å². The second kappa shape index (κ2) is 18.7. The Morgan fingerprint density at radius 3 is 1.73 bits per heavy atom. The average molecular weight is 365 g/mol. The molecule has 0 fully saturated rings. The van der Waals surface area contributed by atoms with E-state index in [2.05, 4.69) is 19.2 Å². The van der Waals surface area contributed by atoms with Crippen molar-refractivity contribution in [3.05, 3.63) is 29.8 Å². The predicted octanol–water partition coefficient (Wildman–Crippen LogP) is 6.15. The third-order valence-electron chi connectivity index (χ3n) is 4.48. The van der Waals surface area contributed by atoms with E-state index < -0.39 is 0 Å². The van der Waals surface area contributed by atoms with Gasteiger partial charge in [-0.05, 0) is 13.0 Å². The molecule has 0 amide bonds. The van der Waals surface area contributed by atoms with Crippen molar-refractivity contribution in [2.75, 3.05) is 6.54 Å². The highest BCUT2D eigenvalue weighted by molar-refractivity contribution is 5.31. The first kappa shape index (κ1) is 24.9. The van der Waals surface area contributed by atoms with Crippen molar-refractivity contribution >= 4 is 0 Å². The highest BCUT2D eigenvalue weighted by Crippen LogP contribution is 2.14. The summed E-state index contributed by atoms with van der Waals surface area (Å²) >= 11 is 0. The zero-order chi connectivity index (χ0) is 19.5. The van der Waals surface area contributed by atoms with Gasteiger partial charge in [-0.2, -0.15) is 0 Å². The summed E-state index contributed by atoms with van der Waals surface area (Å²) in [5, 5.41) is 12.6. The zero-order valence-electron chi connectivity index (χ0n) is 17.6. The molecule has 0 saturated carbocycles. The highest BCUT2D eigenvalue weighted by Gasteiger charge is 1.99. The zero-order valence-corrected chi connectivity index (χ0v) is 17.6. The number of phenols is 1. The van der Waals surface area contributed by atoms with Crippen molar-refractivity contribution in [2.24, 2.45) is 5.73 Å². The Labute approximate surface area is 162 Å². The number of para-hydroxylation sites is 1. The number of benzene rings is 1. The Morgan fingerprint density at radius 1 is 0.846 bits per heavy atom. The summed E-state index contributed by atoms with van der Waals surface area (Å²) in [6.45, 7) is 7.93. The van der Waals surface area contributed by atoms with Crippen LogP contribution in [0.1, 0.15) is 97.0 Å². The molecule has 0 radical (unpaired) electrons. The molecule has 0 bridgehead atoms. The standard InChI is InChI=1S/C13H28.C10H16N2O/c1-3-5-7-9-11-13-12-10-8-6-4-2;1-8(11)6-12-7-9-4-2-3-5-10(9)13/h3-13H2,1-2H3;2-5,8,12-13H,6-7,11H2,1H3. The second-order valence-corrected chi connectivity index (χ2v) is 7.42. The Bertz CT molecular complexity index is 397. The van der Waals surface area contributed by atoms with E-state index in [1.807, 2.05) is 25.1 Å². The lowest BCUT2D eigenvalue weighted by Gasteiger charge is -2.08. The molecule has 152 valence electrons. The maximum absolute atomic E-state index is 9.40. The molecule has 1 rings (SSSR count). The van der Waals surface area contributed by atoms with Gasteiger partial charge in [0.05, 0.1) is 0 Å². The van der Waals surface area contributed by atoms with Crippen LogP contribution in [0.4, 0.5) is 0 Å². The summed E-state index contributed by atoms with van der Waals surface area (Å²) in [4.78, 5) is 0. The number of nitrogens with two attached hydrogens (primary N) is 1. The summed E-state index contributed by atoms with van der Waals surface area (Å²) < 4.78 is 0. The number of unbranched alkanes of at least 4 members (excludes halogenated alkanes) is 10. The molecule has 1 atom stereocenters. The van der Waals surface area contributed by atoms with Crippen LogP contribution in [-0.2, 0) is 6.54 Å². The van der Waals surface area contributed by atoms with Gasteiger partial charge in [-0.15, -0.1) is 0 Å². The summed E-state index contributed by atoms with van der Waals surface area (Å²) in [5.41, 5.74) is 6.48. The number of nitrogens with one attached hydrogen (secondary N) is 1. The quantitative estimate of drug-likeness (QED) is 0.347. The van der Waals surface area contributed by atoms with Gasteiger partial charge in [0.15, 0.2) is 0 Å². The normalized spacial score (nSPS) is 11.7. The van der Waals surface area contributed by atoms with Crippen LogP contribution in [0.5, 0.6) is 5.75 Å². The number of rotatable bonds is 14. The molecule has 0 aliphatic heterocycles. The minimum absolute atomic E-state index is 0.144. The van der Waals surface area contributed by atoms with Crippen molar-refractivity contribution < 1.29 is 5.11 Å². The van der Waals surface area contributed by atoms with Gasteiger partial charge in [0, 0.05) is 24.7 Å². The number of hydrogen-bond acceptors (Lipinski definition) is 3. The Balaban J connectivity index is 0.000000481. The van der Waals surface area contributed by atoms with E-state index in [9.17, 15) is 5.11 Å². The highest BCUT2D eigenvalue weighted by atomic mass is 16.3. The first-order valence-corrected chi connectivity index (χ1v) is 10.8. The third-order valence-corrected chi connectivity index (χ3v) is 4.48. The van der Waals surface area contributed by atoms with Crippen LogP contribution in [0.2, 0.25) is 0 Å². The Morgan fingerprint density at radius 2 is 1.31 bits per heavy atom. The average Bonchev–Trinajstić information content (AvgIpc) is 2.62. The molecule has 1 aromatic rings. The van der Waals surface area contributed by atoms with Crippen LogP contribution in [0.25, 0.3) is 0 Å². The third kappa shape index (κ3) is 16.4. The topological polar surface area (TPSA) is 58.3 Å². The summed E-state index contributed by atoms with van der Waals surface area (Å²) in [7, 11) is 0. The molecule has 0 aromatic heterocycles. The van der Waals surface area contributed by atoms with E-state index in [0.29, 0.717) is 12.3 Å². The lowest BCUT2D eigenvalue weighted by molar-refractivity contribution is 0.463. The smallest absolute Gasteiger partial charge is 0.120 e. The van der Waals surface area contributed by atoms with Crippen LogP contribution < -0.4 is 11.1 Å². The molecule has 3 heteroatoms. The number of aromatic hydroxyl groups is 1. The maximum Gasteiger partial charge on any atom is 0.120 e. The van der Waals surface area contributed by atoms with E-state index in [0.717, 1.165) is 12.1 Å². The van der Waals surface area contributed by atoms with E-state index in [1.165, 1.54) is 70.6 Å². The molecule has 0 aliphatic carbocycles. The Kier molecular flexibility index (Phi) is 18.0. The maximum atomic E-state index is 9.40. The first-order chi connectivity index (χ1) is 12.6. The van der Waals surface area contributed by atoms with Crippen LogP contribution in [0.3, 0.4) is 0 Å². The minimum atomic E-state index is 0.144. The fraction of sp³-hybridized carbons (Fsp3) is 0.739. The van der Waals surface area contributed by atoms with Crippen molar-refractivity contribution in [3.63, 3.8) is 0 Å². The van der Waals surface area contributed by atoms with Gasteiger partial charge >= 0.3 is 0 Å². The van der Waals surface area contributed by atoms with E-state index >= 15 is 0 Å². The first-order valence-electron chi connectivity index (χ1n) is 10.8. The minimum Gasteiger partial charge on any atom is -0.508 e. The fourth-order valence-corrected chi connectivity index (χ4v) is 2.83.